The number of nitrogens with zero attached hydrogens (tertiary/aromatic N) is 2. The van der Waals surface area contributed by atoms with Crippen LogP contribution < -0.4 is 4.74 Å². The van der Waals surface area contributed by atoms with E-state index in [4.69, 9.17) is 0 Å². The van der Waals surface area contributed by atoms with Gasteiger partial charge >= 0.3 is 6.36 Å². The molecule has 0 aliphatic rings. The molecule has 0 aliphatic heterocycles. The number of benzene rings is 1. The average Bonchev–Trinajstić information content (AvgIpc) is 2.84. The van der Waals surface area contributed by atoms with Crippen molar-refractivity contribution >= 4 is 0 Å². The van der Waals surface area contributed by atoms with E-state index in [0.29, 0.717) is 17.9 Å². The van der Waals surface area contributed by atoms with Crippen molar-refractivity contribution in [2.45, 2.75) is 32.4 Å². The number of aliphatic hydroxyl groups excluding tert-OH is 1. The number of aryl methyl sites for hydroxylation is 1. The molecule has 0 spiro atoms. The maximum Gasteiger partial charge on any atom is 0.573 e. The second-order valence-electron chi connectivity index (χ2n) is 4.47. The van der Waals surface area contributed by atoms with E-state index in [9.17, 15) is 18.3 Å². The highest BCUT2D eigenvalue weighted by molar-refractivity contribution is 5.30. The van der Waals surface area contributed by atoms with E-state index >= 15 is 0 Å². The summed E-state index contributed by atoms with van der Waals surface area (Å²) < 4.78 is 42.2. The third kappa shape index (κ3) is 4.22. The van der Waals surface area contributed by atoms with Gasteiger partial charge in [-0.2, -0.15) is 0 Å². The molecule has 0 saturated carbocycles. The van der Waals surface area contributed by atoms with Gasteiger partial charge < -0.3 is 14.4 Å². The Bertz CT molecular complexity index is 596. The molecule has 2 aromatic rings. The fourth-order valence-electron chi connectivity index (χ4n) is 2.03. The number of hydrogen-bond donors (Lipinski definition) is 1. The minimum atomic E-state index is -4.75. The number of rotatable bonds is 5. The van der Waals surface area contributed by atoms with Crippen LogP contribution in [0.3, 0.4) is 0 Å². The Labute approximate surface area is 119 Å². The fraction of sp³-hybridized carbons (Fsp3) is 0.357. The first kappa shape index (κ1) is 15.4. The number of ether oxygens (including phenoxy) is 1. The standard InChI is InChI=1S/C14H15F3N2O2/c1-2-19-7-6-18-13(19)9-12(20)10-4-3-5-11(8-10)21-14(15,16)17/h3-8,12,20H,2,9H2,1H3. The van der Waals surface area contributed by atoms with Gasteiger partial charge in [0, 0.05) is 25.4 Å². The summed E-state index contributed by atoms with van der Waals surface area (Å²) in [7, 11) is 0. The molecule has 0 aliphatic carbocycles. The van der Waals surface area contributed by atoms with Crippen molar-refractivity contribution in [2.75, 3.05) is 0 Å². The summed E-state index contributed by atoms with van der Waals surface area (Å²) in [6.45, 7) is 2.65. The van der Waals surface area contributed by atoms with Gasteiger partial charge in [0.2, 0.25) is 0 Å². The first-order valence-corrected chi connectivity index (χ1v) is 6.43. The van der Waals surface area contributed by atoms with Crippen LogP contribution in [0.5, 0.6) is 5.75 Å². The van der Waals surface area contributed by atoms with Crippen molar-refractivity contribution in [1.29, 1.82) is 0 Å². The van der Waals surface area contributed by atoms with E-state index in [2.05, 4.69) is 9.72 Å². The Morgan fingerprint density at radius 3 is 2.81 bits per heavy atom. The first-order valence-electron chi connectivity index (χ1n) is 6.43. The number of aromatic nitrogens is 2. The van der Waals surface area contributed by atoms with E-state index in [0.717, 1.165) is 0 Å². The summed E-state index contributed by atoms with van der Waals surface area (Å²) in [5.41, 5.74) is 0.349. The summed E-state index contributed by atoms with van der Waals surface area (Å²) in [5, 5.41) is 10.1. The minimum absolute atomic E-state index is 0.219. The summed E-state index contributed by atoms with van der Waals surface area (Å²) in [6, 6.07) is 5.33. The topological polar surface area (TPSA) is 47.3 Å². The molecule has 4 nitrogen and oxygen atoms in total. The molecule has 1 aromatic carbocycles. The van der Waals surface area contributed by atoms with Gasteiger partial charge in [0.1, 0.15) is 11.6 Å². The maximum atomic E-state index is 12.2. The Hall–Kier alpha value is -2.02. The number of imidazole rings is 1. The monoisotopic (exact) mass is 300 g/mol. The van der Waals surface area contributed by atoms with Crippen molar-refractivity contribution in [3.63, 3.8) is 0 Å². The Morgan fingerprint density at radius 2 is 2.14 bits per heavy atom. The third-order valence-electron chi connectivity index (χ3n) is 2.99. The van der Waals surface area contributed by atoms with Gasteiger partial charge in [0.05, 0.1) is 6.10 Å². The van der Waals surface area contributed by atoms with Crippen molar-refractivity contribution in [1.82, 2.24) is 9.55 Å². The molecule has 7 heteroatoms. The first-order chi connectivity index (χ1) is 9.89. The molecular formula is C14H15F3N2O2. The van der Waals surface area contributed by atoms with Crippen LogP contribution in [0.25, 0.3) is 0 Å². The van der Waals surface area contributed by atoms with Crippen LogP contribution in [0, 0.1) is 0 Å². The smallest absolute Gasteiger partial charge is 0.406 e. The van der Waals surface area contributed by atoms with Crippen molar-refractivity contribution < 1.29 is 23.0 Å². The lowest BCUT2D eigenvalue weighted by Gasteiger charge is -2.14. The average molecular weight is 300 g/mol. The van der Waals surface area contributed by atoms with Crippen LogP contribution in [-0.2, 0) is 13.0 Å². The van der Waals surface area contributed by atoms with Gasteiger partial charge in [0.25, 0.3) is 0 Å². The van der Waals surface area contributed by atoms with Gasteiger partial charge in [-0.05, 0) is 24.6 Å². The number of aliphatic hydroxyl groups is 1. The third-order valence-corrected chi connectivity index (χ3v) is 2.99. The molecule has 0 saturated heterocycles. The van der Waals surface area contributed by atoms with Crippen molar-refractivity contribution in [3.05, 3.63) is 48.0 Å². The van der Waals surface area contributed by atoms with Crippen LogP contribution in [0.4, 0.5) is 13.2 Å². The molecule has 1 N–H and O–H groups in total. The van der Waals surface area contributed by atoms with Gasteiger partial charge in [-0.25, -0.2) is 4.98 Å². The van der Waals surface area contributed by atoms with Crippen LogP contribution in [0.15, 0.2) is 36.7 Å². The molecule has 2 rings (SSSR count). The Balaban J connectivity index is 2.12. The number of halogens is 3. The van der Waals surface area contributed by atoms with E-state index in [1.54, 1.807) is 18.5 Å². The zero-order valence-corrected chi connectivity index (χ0v) is 11.3. The second kappa shape index (κ2) is 6.17. The molecule has 21 heavy (non-hydrogen) atoms. The zero-order valence-electron chi connectivity index (χ0n) is 11.3. The van der Waals surface area contributed by atoms with Crippen molar-refractivity contribution in [2.24, 2.45) is 0 Å². The molecule has 1 atom stereocenters. The van der Waals surface area contributed by atoms with Crippen LogP contribution in [0.1, 0.15) is 24.4 Å². The largest absolute Gasteiger partial charge is 0.573 e. The lowest BCUT2D eigenvalue weighted by atomic mass is 10.1. The van der Waals surface area contributed by atoms with Gasteiger partial charge in [-0.15, -0.1) is 13.2 Å². The molecule has 0 fully saturated rings. The summed E-state index contributed by atoms with van der Waals surface area (Å²) in [5.74, 6) is 0.324. The van der Waals surface area contributed by atoms with Crippen LogP contribution in [0.2, 0.25) is 0 Å². The minimum Gasteiger partial charge on any atom is -0.406 e. The molecule has 0 amide bonds. The van der Waals surface area contributed by atoms with Gasteiger partial charge in [-0.3, -0.25) is 0 Å². The predicted octanol–water partition coefficient (Wildman–Crippen LogP) is 3.08. The lowest BCUT2D eigenvalue weighted by molar-refractivity contribution is -0.274. The second-order valence-corrected chi connectivity index (χ2v) is 4.47. The highest BCUT2D eigenvalue weighted by Gasteiger charge is 2.31. The normalized spacial score (nSPS) is 13.2. The summed E-state index contributed by atoms with van der Waals surface area (Å²) in [6.07, 6.45) is -2.08. The molecule has 0 bridgehead atoms. The predicted molar refractivity (Wildman–Crippen MR) is 69.7 cm³/mol. The number of hydrogen-bond acceptors (Lipinski definition) is 3. The molecule has 114 valence electrons. The van der Waals surface area contributed by atoms with E-state index < -0.39 is 12.5 Å². The van der Waals surface area contributed by atoms with Gasteiger partial charge in [-0.1, -0.05) is 12.1 Å². The van der Waals surface area contributed by atoms with Crippen molar-refractivity contribution in [3.8, 4) is 5.75 Å². The quantitative estimate of drug-likeness (QED) is 0.923. The summed E-state index contributed by atoms with van der Waals surface area (Å²) >= 11 is 0. The van der Waals surface area contributed by atoms with Crippen LogP contribution >= 0.6 is 0 Å². The van der Waals surface area contributed by atoms with E-state index in [1.807, 2.05) is 11.5 Å². The molecule has 0 radical (unpaired) electrons. The highest BCUT2D eigenvalue weighted by atomic mass is 19.4. The van der Waals surface area contributed by atoms with E-state index in [-0.39, 0.29) is 12.2 Å². The molecule has 1 heterocycles. The number of alkyl halides is 3. The Kier molecular flexibility index (Phi) is 4.52. The Morgan fingerprint density at radius 1 is 1.38 bits per heavy atom. The van der Waals surface area contributed by atoms with Gasteiger partial charge in [0.15, 0.2) is 0 Å². The van der Waals surface area contributed by atoms with E-state index in [1.165, 1.54) is 18.2 Å². The molecule has 1 aromatic heterocycles. The van der Waals surface area contributed by atoms with Crippen LogP contribution in [-0.4, -0.2) is 21.0 Å². The lowest BCUT2D eigenvalue weighted by Crippen LogP contribution is -2.17. The highest BCUT2D eigenvalue weighted by Crippen LogP contribution is 2.26. The maximum absolute atomic E-state index is 12.2. The molecule has 1 unspecified atom stereocenters. The molecular weight excluding hydrogens is 285 g/mol. The SMILES string of the molecule is CCn1ccnc1CC(O)c1cccc(OC(F)(F)F)c1. The fourth-order valence-corrected chi connectivity index (χ4v) is 2.03. The summed E-state index contributed by atoms with van der Waals surface area (Å²) in [4.78, 5) is 4.13. The zero-order chi connectivity index (χ0) is 15.5.